The molecule has 0 aromatic heterocycles. The minimum Gasteiger partial charge on any atom is -0.395 e. The lowest BCUT2D eigenvalue weighted by Crippen LogP contribution is -2.33. The molecule has 0 saturated carbocycles. The van der Waals surface area contributed by atoms with Gasteiger partial charge in [-0.25, -0.2) is 0 Å². The van der Waals surface area contributed by atoms with Gasteiger partial charge in [-0.2, -0.15) is 0 Å². The number of nitrogens with two attached hydrogens (primary N) is 1. The van der Waals surface area contributed by atoms with E-state index in [4.69, 9.17) is 15.6 Å². The smallest absolute Gasteiger partial charge is 0.0586 e. The van der Waals surface area contributed by atoms with Gasteiger partial charge in [0.2, 0.25) is 0 Å². The molecule has 0 aromatic rings. The SMILES string of the molecule is N[C@@H](CO)[C@@H]1CCOC1. The highest BCUT2D eigenvalue weighted by molar-refractivity contribution is 4.74. The van der Waals surface area contributed by atoms with Gasteiger partial charge < -0.3 is 15.6 Å². The molecular weight excluding hydrogens is 118 g/mol. The predicted molar refractivity (Wildman–Crippen MR) is 34.0 cm³/mol. The second kappa shape index (κ2) is 3.15. The van der Waals surface area contributed by atoms with Crippen LogP contribution in [-0.2, 0) is 4.74 Å². The van der Waals surface area contributed by atoms with Crippen molar-refractivity contribution >= 4 is 0 Å². The topological polar surface area (TPSA) is 55.5 Å². The van der Waals surface area contributed by atoms with Gasteiger partial charge >= 0.3 is 0 Å². The number of hydrogen-bond donors (Lipinski definition) is 2. The van der Waals surface area contributed by atoms with Crippen LogP contribution in [0.5, 0.6) is 0 Å². The van der Waals surface area contributed by atoms with Gasteiger partial charge in [0, 0.05) is 18.6 Å². The van der Waals surface area contributed by atoms with E-state index in [9.17, 15) is 0 Å². The molecule has 0 aromatic carbocycles. The number of hydrogen-bond acceptors (Lipinski definition) is 3. The molecule has 1 saturated heterocycles. The summed E-state index contributed by atoms with van der Waals surface area (Å²) in [6.07, 6.45) is 1.00. The number of rotatable bonds is 2. The Morgan fingerprint density at radius 3 is 3.00 bits per heavy atom. The van der Waals surface area contributed by atoms with Crippen molar-refractivity contribution in [2.45, 2.75) is 12.5 Å². The van der Waals surface area contributed by atoms with Crippen molar-refractivity contribution in [3.63, 3.8) is 0 Å². The summed E-state index contributed by atoms with van der Waals surface area (Å²) in [4.78, 5) is 0. The fourth-order valence-corrected chi connectivity index (χ4v) is 1.04. The van der Waals surface area contributed by atoms with Crippen LogP contribution in [0.3, 0.4) is 0 Å². The zero-order valence-electron chi connectivity index (χ0n) is 5.42. The predicted octanol–water partition coefficient (Wildman–Crippen LogP) is -0.658. The average molecular weight is 131 g/mol. The third-order valence-electron chi connectivity index (χ3n) is 1.78. The Balaban J connectivity index is 2.24. The minimum atomic E-state index is -0.0764. The van der Waals surface area contributed by atoms with E-state index in [1.165, 1.54) is 0 Å². The first-order chi connectivity index (χ1) is 4.34. The largest absolute Gasteiger partial charge is 0.395 e. The van der Waals surface area contributed by atoms with Gasteiger partial charge in [0.15, 0.2) is 0 Å². The van der Waals surface area contributed by atoms with Gasteiger partial charge in [0.05, 0.1) is 13.2 Å². The molecule has 0 aliphatic carbocycles. The van der Waals surface area contributed by atoms with E-state index in [1.807, 2.05) is 0 Å². The molecule has 0 amide bonds. The van der Waals surface area contributed by atoms with Crippen LogP contribution in [0.4, 0.5) is 0 Å². The van der Waals surface area contributed by atoms with Crippen molar-refractivity contribution < 1.29 is 9.84 Å². The van der Waals surface area contributed by atoms with Crippen molar-refractivity contribution in [3.8, 4) is 0 Å². The molecule has 1 rings (SSSR count). The van der Waals surface area contributed by atoms with Crippen LogP contribution in [-0.4, -0.2) is 31.0 Å². The van der Waals surface area contributed by atoms with Crippen molar-refractivity contribution in [1.29, 1.82) is 0 Å². The molecule has 3 nitrogen and oxygen atoms in total. The fourth-order valence-electron chi connectivity index (χ4n) is 1.04. The van der Waals surface area contributed by atoms with E-state index in [2.05, 4.69) is 0 Å². The summed E-state index contributed by atoms with van der Waals surface area (Å²) in [7, 11) is 0. The van der Waals surface area contributed by atoms with Crippen LogP contribution >= 0.6 is 0 Å². The maximum Gasteiger partial charge on any atom is 0.0586 e. The Bertz CT molecular complexity index is 81.1. The second-order valence-electron chi connectivity index (χ2n) is 2.47. The molecule has 0 radical (unpaired) electrons. The fraction of sp³-hybridized carbons (Fsp3) is 1.00. The summed E-state index contributed by atoms with van der Waals surface area (Å²) in [5, 5.41) is 8.61. The number of ether oxygens (including phenoxy) is 1. The van der Waals surface area contributed by atoms with Crippen molar-refractivity contribution in [2.24, 2.45) is 11.7 Å². The minimum absolute atomic E-state index is 0.0764. The van der Waals surface area contributed by atoms with Crippen LogP contribution in [0.1, 0.15) is 6.42 Å². The highest BCUT2D eigenvalue weighted by Gasteiger charge is 2.21. The quantitative estimate of drug-likeness (QED) is 0.523. The molecule has 3 N–H and O–H groups in total. The monoisotopic (exact) mass is 131 g/mol. The molecule has 9 heavy (non-hydrogen) atoms. The van der Waals surface area contributed by atoms with Crippen LogP contribution < -0.4 is 5.73 Å². The Kier molecular flexibility index (Phi) is 2.45. The first-order valence-corrected chi connectivity index (χ1v) is 3.28. The lowest BCUT2D eigenvalue weighted by Gasteiger charge is -2.13. The lowest BCUT2D eigenvalue weighted by atomic mass is 10.0. The Morgan fingerprint density at radius 2 is 2.56 bits per heavy atom. The van der Waals surface area contributed by atoms with Gasteiger partial charge in [-0.1, -0.05) is 0 Å². The zero-order chi connectivity index (χ0) is 6.69. The molecule has 3 heteroatoms. The summed E-state index contributed by atoms with van der Waals surface area (Å²) < 4.78 is 5.09. The summed E-state index contributed by atoms with van der Waals surface area (Å²) in [5.41, 5.74) is 5.55. The number of aliphatic hydroxyl groups is 1. The molecule has 2 atom stereocenters. The summed E-state index contributed by atoms with van der Waals surface area (Å²) in [5.74, 6) is 0.384. The second-order valence-corrected chi connectivity index (χ2v) is 2.47. The maximum atomic E-state index is 8.61. The van der Waals surface area contributed by atoms with Crippen LogP contribution in [0, 0.1) is 5.92 Å². The maximum absolute atomic E-state index is 8.61. The molecule has 0 bridgehead atoms. The standard InChI is InChI=1S/C6H13NO2/c7-6(3-8)5-1-2-9-4-5/h5-6,8H,1-4,7H2/t5-,6+/m1/s1. The summed E-state index contributed by atoms with van der Waals surface area (Å²) in [6, 6.07) is -0.0764. The van der Waals surface area contributed by atoms with E-state index >= 15 is 0 Å². The zero-order valence-corrected chi connectivity index (χ0v) is 5.42. The van der Waals surface area contributed by atoms with Crippen molar-refractivity contribution in [2.75, 3.05) is 19.8 Å². The molecule has 1 fully saturated rings. The number of aliphatic hydroxyl groups excluding tert-OH is 1. The average Bonchev–Trinajstić information content (AvgIpc) is 2.37. The third kappa shape index (κ3) is 1.64. The van der Waals surface area contributed by atoms with E-state index in [-0.39, 0.29) is 12.6 Å². The Morgan fingerprint density at radius 1 is 1.78 bits per heavy atom. The third-order valence-corrected chi connectivity index (χ3v) is 1.78. The van der Waals surface area contributed by atoms with Crippen LogP contribution in [0.15, 0.2) is 0 Å². The van der Waals surface area contributed by atoms with Crippen molar-refractivity contribution in [3.05, 3.63) is 0 Å². The van der Waals surface area contributed by atoms with Gasteiger partial charge in [-0.15, -0.1) is 0 Å². The van der Waals surface area contributed by atoms with E-state index in [0.29, 0.717) is 5.92 Å². The highest BCUT2D eigenvalue weighted by Crippen LogP contribution is 2.14. The lowest BCUT2D eigenvalue weighted by molar-refractivity contribution is 0.166. The normalized spacial score (nSPS) is 30.7. The molecule has 1 heterocycles. The molecule has 0 spiro atoms. The van der Waals surface area contributed by atoms with Crippen LogP contribution in [0.25, 0.3) is 0 Å². The Labute approximate surface area is 54.8 Å². The van der Waals surface area contributed by atoms with E-state index in [0.717, 1.165) is 19.6 Å². The Hall–Kier alpha value is -0.120. The molecular formula is C6H13NO2. The van der Waals surface area contributed by atoms with Crippen LogP contribution in [0.2, 0.25) is 0 Å². The molecule has 54 valence electrons. The van der Waals surface area contributed by atoms with Gasteiger partial charge in [-0.05, 0) is 6.42 Å². The first kappa shape index (κ1) is 6.99. The van der Waals surface area contributed by atoms with Gasteiger partial charge in [-0.3, -0.25) is 0 Å². The molecule has 1 aliphatic rings. The molecule has 1 aliphatic heterocycles. The highest BCUT2D eigenvalue weighted by atomic mass is 16.5. The van der Waals surface area contributed by atoms with E-state index in [1.54, 1.807) is 0 Å². The van der Waals surface area contributed by atoms with Gasteiger partial charge in [0.25, 0.3) is 0 Å². The first-order valence-electron chi connectivity index (χ1n) is 3.28. The van der Waals surface area contributed by atoms with Crippen molar-refractivity contribution in [1.82, 2.24) is 0 Å². The summed E-state index contributed by atoms with van der Waals surface area (Å²) in [6.45, 7) is 1.61. The van der Waals surface area contributed by atoms with E-state index < -0.39 is 0 Å². The molecule has 0 unspecified atom stereocenters. The van der Waals surface area contributed by atoms with Gasteiger partial charge in [0.1, 0.15) is 0 Å². The summed E-state index contributed by atoms with van der Waals surface area (Å²) >= 11 is 0.